The fourth-order valence-corrected chi connectivity index (χ4v) is 0. The third-order valence-electron chi connectivity index (χ3n) is 0. The molecule has 0 aliphatic carbocycles. The van der Waals surface area contributed by atoms with Crippen molar-refractivity contribution in [1.29, 1.82) is 0 Å². The quantitative estimate of drug-likeness (QED) is 0.328. The van der Waals surface area contributed by atoms with Crippen LogP contribution in [0.25, 0.3) is 0 Å². The topological polar surface area (TPSA) is 222 Å². The first-order valence-corrected chi connectivity index (χ1v) is 1.70. The SMILES string of the molecule is O.O=[N+]([O-])O.O=[N+]([O-])O.O=[N+]([O-])O.[Nd+3]. The summed E-state index contributed by atoms with van der Waals surface area (Å²) in [6.07, 6.45) is 0. The van der Waals surface area contributed by atoms with Crippen molar-refractivity contribution in [2.24, 2.45) is 0 Å². The second-order valence-electron chi connectivity index (χ2n) is 0.714. The van der Waals surface area contributed by atoms with Gasteiger partial charge < -0.3 is 21.1 Å². The van der Waals surface area contributed by atoms with Gasteiger partial charge >= 0.3 is 40.8 Å². The van der Waals surface area contributed by atoms with Gasteiger partial charge in [0.15, 0.2) is 0 Å². The molecule has 0 aliphatic heterocycles. The van der Waals surface area contributed by atoms with Crippen molar-refractivity contribution in [2.45, 2.75) is 0 Å². The van der Waals surface area contributed by atoms with Crippen LogP contribution in [0.3, 0.4) is 0 Å². The molecular formula is H5N3NdO10+3. The summed E-state index contributed by atoms with van der Waals surface area (Å²) in [5.41, 5.74) is 0. The Kier molecular flexibility index (Phi) is 47.4. The van der Waals surface area contributed by atoms with Gasteiger partial charge in [0.2, 0.25) is 0 Å². The van der Waals surface area contributed by atoms with Crippen LogP contribution in [0.2, 0.25) is 0 Å². The van der Waals surface area contributed by atoms with E-state index in [0.717, 1.165) is 0 Å². The molecular weight excluding hydrogens is 346 g/mol. The minimum Gasteiger partial charge on any atom is -0.412 e. The molecule has 14 heteroatoms. The third kappa shape index (κ3) is 903. The van der Waals surface area contributed by atoms with Crippen LogP contribution in [0, 0.1) is 71.2 Å². The summed E-state index contributed by atoms with van der Waals surface area (Å²) in [7, 11) is 0. The van der Waals surface area contributed by atoms with Crippen molar-refractivity contribution < 1.29 is 77.2 Å². The molecule has 0 aromatic heterocycles. The van der Waals surface area contributed by atoms with Gasteiger partial charge in [-0.25, -0.2) is 0 Å². The van der Waals surface area contributed by atoms with E-state index < -0.39 is 15.3 Å². The molecule has 81 valence electrons. The van der Waals surface area contributed by atoms with E-state index in [4.69, 9.17) is 46.0 Å². The van der Waals surface area contributed by atoms with E-state index in [2.05, 4.69) is 0 Å². The molecule has 0 aliphatic rings. The molecule has 13 nitrogen and oxygen atoms in total. The van der Waals surface area contributed by atoms with Crippen LogP contribution < -0.4 is 0 Å². The van der Waals surface area contributed by atoms with Crippen molar-refractivity contribution >= 4 is 0 Å². The summed E-state index contributed by atoms with van der Waals surface area (Å²) in [5.74, 6) is 0. The zero-order chi connectivity index (χ0) is 10.7. The summed E-state index contributed by atoms with van der Waals surface area (Å²) in [4.78, 5) is 25.1. The number of hydrogen-bond acceptors (Lipinski definition) is 6. The van der Waals surface area contributed by atoms with Crippen LogP contribution in [0.4, 0.5) is 0 Å². The van der Waals surface area contributed by atoms with Gasteiger partial charge in [-0.3, -0.25) is 0 Å². The summed E-state index contributed by atoms with van der Waals surface area (Å²) >= 11 is 0. The molecule has 5 N–H and O–H groups in total. The largest absolute Gasteiger partial charge is 3.00 e. The Morgan fingerprint density at radius 3 is 0.714 bits per heavy atom. The van der Waals surface area contributed by atoms with E-state index in [1.54, 1.807) is 0 Å². The minimum absolute atomic E-state index is 0. The second kappa shape index (κ2) is 22.7. The molecule has 0 unspecified atom stereocenters. The zero-order valence-electron chi connectivity index (χ0n) is 6.13. The van der Waals surface area contributed by atoms with Crippen LogP contribution in [0.15, 0.2) is 0 Å². The maximum Gasteiger partial charge on any atom is 3.00 e. The fourth-order valence-electron chi connectivity index (χ4n) is 0. The molecule has 0 saturated heterocycles. The fraction of sp³-hybridized carbons (Fsp3) is 0. The van der Waals surface area contributed by atoms with Gasteiger partial charge in [0.25, 0.3) is 15.3 Å². The van der Waals surface area contributed by atoms with Gasteiger partial charge in [-0.1, -0.05) is 0 Å². The standard InChI is InChI=1S/3HNO3.Nd.H2O/c3*2-1(3)4;;/h3*(H,2,3,4);;1H2/q;;;+3;. The van der Waals surface area contributed by atoms with Crippen LogP contribution >= 0.6 is 0 Å². The summed E-state index contributed by atoms with van der Waals surface area (Å²) < 4.78 is 0. The monoisotopic (exact) mass is 349 g/mol. The molecule has 0 saturated carbocycles. The molecule has 0 amide bonds. The number of hydrogen-bond donors (Lipinski definition) is 3. The Labute approximate surface area is 107 Å². The maximum absolute atomic E-state index is 8.36. The predicted octanol–water partition coefficient (Wildman–Crippen LogP) is -1.87. The summed E-state index contributed by atoms with van der Waals surface area (Å²) in [6.45, 7) is 0. The average Bonchev–Trinajstić information content (AvgIpc) is 1.54. The molecule has 0 spiro atoms. The van der Waals surface area contributed by atoms with E-state index in [1.807, 2.05) is 0 Å². The predicted molar refractivity (Wildman–Crippen MR) is 30.0 cm³/mol. The Hall–Kier alpha value is -1.09. The van der Waals surface area contributed by atoms with Gasteiger partial charge in [0.1, 0.15) is 0 Å². The molecule has 0 fully saturated rings. The van der Waals surface area contributed by atoms with Crippen molar-refractivity contribution in [1.82, 2.24) is 0 Å². The molecule has 0 bridgehead atoms. The molecule has 0 aromatic rings. The molecule has 1 radical (unpaired) electrons. The van der Waals surface area contributed by atoms with Gasteiger partial charge in [-0.05, 0) is 0 Å². The van der Waals surface area contributed by atoms with Crippen LogP contribution in [-0.4, -0.2) is 36.4 Å². The van der Waals surface area contributed by atoms with E-state index in [1.165, 1.54) is 0 Å². The van der Waals surface area contributed by atoms with Crippen molar-refractivity contribution in [3.05, 3.63) is 30.3 Å². The number of rotatable bonds is 0. The summed E-state index contributed by atoms with van der Waals surface area (Å²) in [5, 5.41) is 40.9. The summed E-state index contributed by atoms with van der Waals surface area (Å²) in [6, 6.07) is 0. The van der Waals surface area contributed by atoms with Crippen molar-refractivity contribution in [2.75, 3.05) is 0 Å². The maximum atomic E-state index is 8.36. The Morgan fingerprint density at radius 1 is 0.714 bits per heavy atom. The first-order chi connectivity index (χ1) is 5.20. The van der Waals surface area contributed by atoms with E-state index in [0.29, 0.717) is 0 Å². The van der Waals surface area contributed by atoms with Crippen LogP contribution in [0.5, 0.6) is 0 Å². The zero-order valence-corrected chi connectivity index (χ0v) is 9.34. The van der Waals surface area contributed by atoms with E-state index in [-0.39, 0.29) is 46.3 Å². The minimum atomic E-state index is -1.50. The molecule has 0 rings (SSSR count). The van der Waals surface area contributed by atoms with Gasteiger partial charge in [0, 0.05) is 0 Å². The Bertz CT molecular complexity index is 113. The number of nitrogens with zero attached hydrogens (tertiary/aromatic N) is 3. The van der Waals surface area contributed by atoms with Crippen LogP contribution in [-0.2, 0) is 0 Å². The van der Waals surface area contributed by atoms with Crippen molar-refractivity contribution in [3.8, 4) is 0 Å². The third-order valence-corrected chi connectivity index (χ3v) is 0. The average molecular weight is 351 g/mol. The second-order valence-corrected chi connectivity index (χ2v) is 0.714. The van der Waals surface area contributed by atoms with Gasteiger partial charge in [-0.15, -0.1) is 30.3 Å². The Balaban J connectivity index is -0.0000000270. The first-order valence-electron chi connectivity index (χ1n) is 1.70. The van der Waals surface area contributed by atoms with Crippen LogP contribution in [0.1, 0.15) is 0 Å². The normalized spacial score (nSPS) is 5.14. The van der Waals surface area contributed by atoms with E-state index >= 15 is 0 Å². The molecule has 0 heterocycles. The Morgan fingerprint density at radius 2 is 0.714 bits per heavy atom. The molecule has 14 heavy (non-hydrogen) atoms. The smallest absolute Gasteiger partial charge is 0.412 e. The van der Waals surface area contributed by atoms with E-state index in [9.17, 15) is 0 Å². The van der Waals surface area contributed by atoms with Gasteiger partial charge in [-0.2, -0.15) is 0 Å². The first kappa shape index (κ1) is 29.3. The van der Waals surface area contributed by atoms with Gasteiger partial charge in [0.05, 0.1) is 0 Å². The molecule has 0 aromatic carbocycles. The molecule has 0 atom stereocenters. The van der Waals surface area contributed by atoms with Crippen molar-refractivity contribution in [3.63, 3.8) is 0 Å².